The molecule has 0 saturated heterocycles. The van der Waals surface area contributed by atoms with Gasteiger partial charge in [-0.25, -0.2) is 4.39 Å². The zero-order valence-corrected chi connectivity index (χ0v) is 23.7. The number of hydrogen-bond acceptors (Lipinski definition) is 0. The Bertz CT molecular complexity index is 857. The summed E-state index contributed by atoms with van der Waals surface area (Å²) in [6.07, 6.45) is 15.6. The molecule has 0 aliphatic heterocycles. The Hall–Kier alpha value is -0.470. The Morgan fingerprint density at radius 2 is 1.68 bits per heavy atom. The van der Waals surface area contributed by atoms with Crippen LogP contribution < -0.4 is 24.8 Å². The van der Waals surface area contributed by atoms with Crippen LogP contribution in [0.15, 0.2) is 66.5 Å². The molecule has 0 heterocycles. The second-order valence-corrected chi connectivity index (χ2v) is 12.7. The Labute approximate surface area is 216 Å². The van der Waals surface area contributed by atoms with Gasteiger partial charge in [-0.2, -0.15) is 0 Å². The van der Waals surface area contributed by atoms with Crippen LogP contribution >= 0.6 is 0 Å². The van der Waals surface area contributed by atoms with Crippen LogP contribution in [0.1, 0.15) is 62.1 Å². The van der Waals surface area contributed by atoms with Gasteiger partial charge in [-0.15, -0.1) is 0 Å². The van der Waals surface area contributed by atoms with Crippen molar-refractivity contribution in [2.24, 2.45) is 0 Å². The fraction of sp³-hybridized carbons (Fsp3) is 0.385. The molecule has 0 N–H and O–H groups in total. The van der Waals surface area contributed by atoms with Crippen molar-refractivity contribution >= 4 is 6.65 Å². The van der Waals surface area contributed by atoms with Crippen LogP contribution in [0.3, 0.4) is 0 Å². The van der Waals surface area contributed by atoms with Crippen molar-refractivity contribution in [2.75, 3.05) is 0 Å². The molecule has 31 heavy (non-hydrogen) atoms. The second kappa shape index (κ2) is 15.4. The van der Waals surface area contributed by atoms with Crippen molar-refractivity contribution < 1.29 is 53.1 Å². The summed E-state index contributed by atoms with van der Waals surface area (Å²) >= 11 is 1.88. The number of benzene rings is 2. The summed E-state index contributed by atoms with van der Waals surface area (Å²) in [4.78, 5) is 0. The van der Waals surface area contributed by atoms with Gasteiger partial charge in [0.2, 0.25) is 0 Å². The number of allylic oxidation sites excluding steroid dienone is 4. The van der Waals surface area contributed by atoms with E-state index in [4.69, 9.17) is 0 Å². The van der Waals surface area contributed by atoms with Crippen LogP contribution in [-0.2, 0) is 36.7 Å². The van der Waals surface area contributed by atoms with E-state index in [1.165, 1.54) is 45.9 Å². The Balaban J connectivity index is 0.000000256. The summed E-state index contributed by atoms with van der Waals surface area (Å²) in [5.41, 5.74) is 8.54. The molecule has 5 heteroatoms. The normalized spacial score (nSPS) is 16.1. The maximum atomic E-state index is 11.7. The fourth-order valence-corrected chi connectivity index (χ4v) is 8.21. The first kappa shape index (κ1) is 28.6. The average Bonchev–Trinajstić information content (AvgIpc) is 3.41. The Morgan fingerprint density at radius 3 is 2.23 bits per heavy atom. The van der Waals surface area contributed by atoms with E-state index >= 15 is 0 Å². The van der Waals surface area contributed by atoms with E-state index in [1.54, 1.807) is 37.8 Å². The third kappa shape index (κ3) is 8.77. The van der Waals surface area contributed by atoms with Gasteiger partial charge < -0.3 is 24.8 Å². The molecule has 0 nitrogen and oxygen atoms in total. The monoisotopic (exact) mass is 551 g/mol. The average molecular weight is 554 g/mol. The van der Waals surface area contributed by atoms with E-state index < -0.39 is 0 Å². The molecular weight excluding hydrogens is 522 g/mol. The molecule has 0 unspecified atom stereocenters. The van der Waals surface area contributed by atoms with Crippen molar-refractivity contribution in [3.8, 4) is 11.1 Å². The molecule has 5 rings (SSSR count). The summed E-state index contributed by atoms with van der Waals surface area (Å²) in [6, 6.07) is 15.6. The predicted octanol–water partition coefficient (Wildman–Crippen LogP) is 0.997. The van der Waals surface area contributed by atoms with Crippen molar-refractivity contribution in [1.82, 2.24) is 0 Å². The van der Waals surface area contributed by atoms with Gasteiger partial charge in [0, 0.05) is 0 Å². The number of rotatable bonds is 2. The summed E-state index contributed by atoms with van der Waals surface area (Å²) in [6.45, 7) is 2.67. The van der Waals surface area contributed by atoms with Crippen LogP contribution in [0, 0.1) is 0 Å². The van der Waals surface area contributed by atoms with Gasteiger partial charge in [0.05, 0.1) is 0 Å². The molecule has 2 aromatic carbocycles. The van der Waals surface area contributed by atoms with Crippen LogP contribution in [-0.4, -0.2) is 6.65 Å². The number of hydrogen-bond donors (Lipinski definition) is 0. The van der Waals surface area contributed by atoms with Crippen molar-refractivity contribution in [2.45, 2.75) is 63.8 Å². The zero-order valence-electron chi connectivity index (χ0n) is 18.3. The van der Waals surface area contributed by atoms with Crippen LogP contribution in [0.5, 0.6) is 0 Å². The van der Waals surface area contributed by atoms with E-state index in [-0.39, 0.29) is 30.6 Å². The first-order valence-corrected chi connectivity index (χ1v) is 17.8. The molecule has 0 radical (unpaired) electrons. The zero-order chi connectivity index (χ0) is 20.5. The summed E-state index contributed by atoms with van der Waals surface area (Å²) < 4.78 is 11.7. The molecule has 3 aliphatic carbocycles. The first-order chi connectivity index (χ1) is 14.2. The molecule has 2 aromatic rings. The maximum absolute atomic E-state index is 11.7. The Morgan fingerprint density at radius 1 is 0.968 bits per heavy atom. The third-order valence-electron chi connectivity index (χ3n) is 6.01. The Kier molecular flexibility index (Phi) is 14.2. The number of aryl methyl sites for hydroxylation is 1. The topological polar surface area (TPSA) is 0 Å². The molecular formula is C26H32Cl2FSiZr. The minimum absolute atomic E-state index is 0. The first-order valence-electron chi connectivity index (χ1n) is 11.1. The molecule has 0 spiro atoms. The molecule has 0 amide bonds. The standard InChI is InChI=1S/C15H14.C6H13Si.C5H5F.2ClH.Zr/c1-2-11-7-8-13-10-12-5-3-4-6-14(12)15(13)9-11;7-6-4-2-1-3-5-6;6-5-3-1-2-4-5;;;/h3-9H,2,10H2,1H3;6H,1-5,7H2;1,3-4H,2H2;2*1H;/q;;;;;+2/p-2. The van der Waals surface area contributed by atoms with E-state index in [0.717, 1.165) is 19.3 Å². The van der Waals surface area contributed by atoms with Gasteiger partial charge in [0.1, 0.15) is 5.83 Å². The van der Waals surface area contributed by atoms with Crippen LogP contribution in [0.4, 0.5) is 4.39 Å². The van der Waals surface area contributed by atoms with Gasteiger partial charge in [0.15, 0.2) is 0 Å². The summed E-state index contributed by atoms with van der Waals surface area (Å²) in [5, 5.41) is 0. The molecule has 0 bridgehead atoms. The quantitative estimate of drug-likeness (QED) is 0.416. The molecule has 1 saturated carbocycles. The predicted molar refractivity (Wildman–Crippen MR) is 122 cm³/mol. The fourth-order valence-electron chi connectivity index (χ4n) is 4.21. The SMILES string of the molecule is CCc1ccc2c(c1)-c1ccccc1C2.FC1=CCC=C1.[Cl-].[Cl-].[Zr+2][SiH2]C1CCCCC1. The third-order valence-corrected chi connectivity index (χ3v) is 11.7. The number of halogens is 3. The van der Waals surface area contributed by atoms with E-state index in [9.17, 15) is 4.39 Å². The molecule has 0 atom stereocenters. The van der Waals surface area contributed by atoms with E-state index in [0.29, 0.717) is 6.65 Å². The van der Waals surface area contributed by atoms with Crippen molar-refractivity contribution in [3.63, 3.8) is 0 Å². The van der Waals surface area contributed by atoms with Gasteiger partial charge in [-0.3, -0.25) is 0 Å². The van der Waals surface area contributed by atoms with Gasteiger partial charge in [0.25, 0.3) is 0 Å². The molecule has 165 valence electrons. The van der Waals surface area contributed by atoms with E-state index in [1.807, 2.05) is 23.9 Å². The number of fused-ring (bicyclic) bond motifs is 3. The summed E-state index contributed by atoms with van der Waals surface area (Å²) in [7, 11) is 0. The molecule has 3 aliphatic rings. The minimum atomic E-state index is -0.102. The molecule has 0 aromatic heterocycles. The van der Waals surface area contributed by atoms with Crippen LogP contribution in [0.2, 0.25) is 5.54 Å². The van der Waals surface area contributed by atoms with Crippen molar-refractivity contribution in [3.05, 3.63) is 83.2 Å². The van der Waals surface area contributed by atoms with E-state index in [2.05, 4.69) is 49.4 Å². The van der Waals surface area contributed by atoms with Gasteiger partial charge in [-0.1, -0.05) is 55.5 Å². The van der Waals surface area contributed by atoms with Gasteiger partial charge in [-0.05, 0) is 59.2 Å². The van der Waals surface area contributed by atoms with Crippen LogP contribution in [0.25, 0.3) is 11.1 Å². The van der Waals surface area contributed by atoms with Crippen molar-refractivity contribution in [1.29, 1.82) is 0 Å². The molecule has 1 fully saturated rings. The second-order valence-electron chi connectivity index (χ2n) is 8.11. The van der Waals surface area contributed by atoms with Gasteiger partial charge >= 0.3 is 68.2 Å². The summed E-state index contributed by atoms with van der Waals surface area (Å²) in [5.74, 6) is -0.102.